The molecule has 0 heterocycles. The lowest BCUT2D eigenvalue weighted by molar-refractivity contribution is 0.480. The molecule has 2 heteroatoms. The van der Waals surface area contributed by atoms with Gasteiger partial charge in [-0.15, -0.1) is 11.6 Å². The van der Waals surface area contributed by atoms with Crippen LogP contribution in [-0.2, 0) is 0 Å². The van der Waals surface area contributed by atoms with Crippen molar-refractivity contribution in [2.45, 2.75) is 47.5 Å². The second-order valence-corrected chi connectivity index (χ2v) is 14.1. The van der Waals surface area contributed by atoms with Crippen LogP contribution < -0.4 is 15.6 Å². The number of benzene rings is 3. The van der Waals surface area contributed by atoms with E-state index in [4.69, 9.17) is 11.6 Å². The van der Waals surface area contributed by atoms with E-state index in [2.05, 4.69) is 132 Å². The molecule has 0 radical (unpaired) electrons. The highest BCUT2D eigenvalue weighted by atomic mass is 35.5. The van der Waals surface area contributed by atoms with Gasteiger partial charge in [-0.05, 0) is 47.7 Å². The van der Waals surface area contributed by atoms with Crippen molar-refractivity contribution in [3.63, 3.8) is 0 Å². The lowest BCUT2D eigenvalue weighted by atomic mass is 9.83. The zero-order chi connectivity index (χ0) is 23.9. The van der Waals surface area contributed by atoms with Crippen molar-refractivity contribution in [2.24, 2.45) is 5.41 Å². The first-order valence-corrected chi connectivity index (χ1v) is 14.4. The summed E-state index contributed by atoms with van der Waals surface area (Å²) in [4.78, 5) is 0. The Balaban J connectivity index is 2.47. The highest BCUT2D eigenvalue weighted by Gasteiger charge is 2.44. The molecule has 3 rings (SSSR count). The van der Waals surface area contributed by atoms with Gasteiger partial charge in [-0.1, -0.05) is 134 Å². The topological polar surface area (TPSA) is 0 Å². The average molecular weight is 473 g/mol. The Kier molecular flexibility index (Phi) is 8.56. The van der Waals surface area contributed by atoms with E-state index < -0.39 is 8.07 Å². The van der Waals surface area contributed by atoms with Crippen molar-refractivity contribution in [2.75, 3.05) is 5.88 Å². The van der Waals surface area contributed by atoms with Gasteiger partial charge in [-0.2, -0.15) is 0 Å². The van der Waals surface area contributed by atoms with Gasteiger partial charge in [0.05, 0.1) is 0 Å². The molecule has 0 aliphatic carbocycles. The van der Waals surface area contributed by atoms with Crippen LogP contribution in [-0.4, -0.2) is 14.0 Å². The third kappa shape index (κ3) is 5.59. The van der Waals surface area contributed by atoms with Crippen LogP contribution in [0.4, 0.5) is 0 Å². The van der Waals surface area contributed by atoms with Crippen LogP contribution in [0.3, 0.4) is 0 Å². The molecule has 0 nitrogen and oxygen atoms in total. The van der Waals surface area contributed by atoms with E-state index in [9.17, 15) is 0 Å². The molecular weight excluding hydrogens is 436 g/mol. The van der Waals surface area contributed by atoms with E-state index in [0.29, 0.717) is 5.88 Å². The quantitative estimate of drug-likeness (QED) is 0.143. The van der Waals surface area contributed by atoms with Crippen LogP contribution in [0.2, 0.25) is 0 Å². The predicted octanol–water partition coefficient (Wildman–Crippen LogP) is 7.02. The Morgan fingerprint density at radius 2 is 1.12 bits per heavy atom. The maximum absolute atomic E-state index is 7.01. The van der Waals surface area contributed by atoms with Gasteiger partial charge in [-0.3, -0.25) is 0 Å². The monoisotopic (exact) mass is 472 g/mol. The molecule has 0 aromatic heterocycles. The first-order valence-electron chi connectivity index (χ1n) is 11.9. The summed E-state index contributed by atoms with van der Waals surface area (Å²) in [5.41, 5.74) is 2.89. The van der Waals surface area contributed by atoms with Crippen LogP contribution in [0.25, 0.3) is 0 Å². The fourth-order valence-electron chi connectivity index (χ4n) is 4.98. The van der Waals surface area contributed by atoms with E-state index in [0.717, 1.165) is 12.8 Å². The third-order valence-corrected chi connectivity index (χ3v) is 11.9. The zero-order valence-corrected chi connectivity index (χ0v) is 22.5. The van der Waals surface area contributed by atoms with Gasteiger partial charge >= 0.3 is 0 Å². The molecule has 0 spiro atoms. The first-order chi connectivity index (χ1) is 15.8. The molecule has 3 aromatic rings. The first kappa shape index (κ1) is 25.3. The number of hydrogen-bond donors (Lipinski definition) is 0. The van der Waals surface area contributed by atoms with E-state index in [-0.39, 0.29) is 5.41 Å². The van der Waals surface area contributed by atoms with Gasteiger partial charge in [0.15, 0.2) is 8.07 Å². The highest BCUT2D eigenvalue weighted by molar-refractivity contribution is 7.16. The second-order valence-electron chi connectivity index (χ2n) is 10.0. The smallest absolute Gasteiger partial charge is 0.122 e. The van der Waals surface area contributed by atoms with Crippen molar-refractivity contribution in [3.05, 3.63) is 113 Å². The van der Waals surface area contributed by atoms with Crippen molar-refractivity contribution in [1.29, 1.82) is 0 Å². The van der Waals surface area contributed by atoms with E-state index in [1.165, 1.54) is 31.9 Å². The fraction of sp³-hybridized carbons (Fsp3) is 0.290. The number of halogens is 1. The maximum atomic E-state index is 7.01. The molecule has 3 aromatic carbocycles. The summed E-state index contributed by atoms with van der Waals surface area (Å²) in [6.07, 6.45) is 4.42. The zero-order valence-electron chi connectivity index (χ0n) is 20.7. The van der Waals surface area contributed by atoms with Gasteiger partial charge in [0.25, 0.3) is 0 Å². The molecule has 0 amide bonds. The minimum atomic E-state index is -2.58. The van der Waals surface area contributed by atoms with Crippen LogP contribution in [0.5, 0.6) is 0 Å². The minimum absolute atomic E-state index is 0.0241. The number of hydrogen-bond acceptors (Lipinski definition) is 0. The molecule has 0 N–H and O–H groups in total. The van der Waals surface area contributed by atoms with Gasteiger partial charge in [0.2, 0.25) is 0 Å². The summed E-state index contributed by atoms with van der Waals surface area (Å²) in [6, 6.07) is 33.3. The Bertz CT molecular complexity index is 973. The van der Waals surface area contributed by atoms with Gasteiger partial charge < -0.3 is 0 Å². The Morgan fingerprint density at radius 3 is 1.42 bits per heavy atom. The molecule has 0 fully saturated rings. The van der Waals surface area contributed by atoms with Crippen molar-refractivity contribution in [3.8, 4) is 0 Å². The van der Waals surface area contributed by atoms with Crippen LogP contribution in [0.15, 0.2) is 113 Å². The van der Waals surface area contributed by atoms with Gasteiger partial charge in [0.1, 0.15) is 0 Å². The average Bonchev–Trinajstić information content (AvgIpc) is 2.82. The van der Waals surface area contributed by atoms with Crippen molar-refractivity contribution in [1.82, 2.24) is 0 Å². The molecule has 0 aliphatic rings. The van der Waals surface area contributed by atoms with Crippen molar-refractivity contribution >= 4 is 35.2 Å². The molecule has 0 bridgehead atoms. The number of rotatable bonds is 8. The summed E-state index contributed by atoms with van der Waals surface area (Å²) < 4.78 is 0. The fourth-order valence-corrected chi connectivity index (χ4v) is 11.0. The Morgan fingerprint density at radius 1 is 0.727 bits per heavy atom. The summed E-state index contributed by atoms with van der Waals surface area (Å²) in [6.45, 7) is 11.4. The molecule has 0 saturated heterocycles. The molecule has 0 aliphatic heterocycles. The summed E-state index contributed by atoms with van der Waals surface area (Å²) in [5.74, 6) is 0.534. The SMILES string of the molecule is CC(C)=CCC/C(=C(\CCl)[Si](c1ccccc1)(c1ccccc1)c1ccccc1)C(C)(C)C. The van der Waals surface area contributed by atoms with E-state index in [1.807, 2.05) is 0 Å². The normalized spacial score (nSPS) is 12.8. The summed E-state index contributed by atoms with van der Waals surface area (Å²) in [7, 11) is -2.58. The Labute approximate surface area is 207 Å². The Hall–Kier alpha value is -2.35. The van der Waals surface area contributed by atoms with Crippen LogP contribution in [0.1, 0.15) is 47.5 Å². The molecule has 0 unspecified atom stereocenters. The minimum Gasteiger partial charge on any atom is -0.122 e. The van der Waals surface area contributed by atoms with Gasteiger partial charge in [-0.25, -0.2) is 0 Å². The second kappa shape index (κ2) is 11.2. The predicted molar refractivity (Wildman–Crippen MR) is 150 cm³/mol. The molecule has 0 atom stereocenters. The summed E-state index contributed by atoms with van der Waals surface area (Å²) >= 11 is 7.01. The van der Waals surface area contributed by atoms with Crippen LogP contribution >= 0.6 is 11.6 Å². The largest absolute Gasteiger partial charge is 0.176 e. The third-order valence-electron chi connectivity index (χ3n) is 6.42. The molecule has 0 saturated carbocycles. The lowest BCUT2D eigenvalue weighted by Crippen LogP contribution is -2.69. The highest BCUT2D eigenvalue weighted by Crippen LogP contribution is 2.36. The van der Waals surface area contributed by atoms with Crippen molar-refractivity contribution < 1.29 is 0 Å². The molecular formula is C31H37ClSi. The number of alkyl halides is 1. The lowest BCUT2D eigenvalue weighted by Gasteiger charge is -2.40. The standard InChI is InChI=1S/C31H37ClSi/c1-25(2)16-15-23-29(31(3,4)5)30(24-32)33(26-17-9-6-10-18-26,27-19-11-7-12-20-27)28-21-13-8-14-22-28/h6-14,16-22H,15,23-24H2,1-5H3/b30-29-. The van der Waals surface area contributed by atoms with Crippen LogP contribution in [0, 0.1) is 5.41 Å². The molecule has 172 valence electrons. The molecule has 33 heavy (non-hydrogen) atoms. The van der Waals surface area contributed by atoms with E-state index >= 15 is 0 Å². The number of allylic oxidation sites excluding steroid dienone is 4. The van der Waals surface area contributed by atoms with Gasteiger partial charge in [0, 0.05) is 5.88 Å². The summed E-state index contributed by atoms with van der Waals surface area (Å²) in [5, 5.41) is 5.61. The maximum Gasteiger partial charge on any atom is 0.176 e. The van der Waals surface area contributed by atoms with E-state index in [1.54, 1.807) is 0 Å².